The van der Waals surface area contributed by atoms with Crippen LogP contribution < -0.4 is 4.90 Å². The van der Waals surface area contributed by atoms with Gasteiger partial charge in [0.1, 0.15) is 0 Å². The molecule has 1 heterocycles. The number of para-hydroxylation sites is 1. The zero-order chi connectivity index (χ0) is 20.1. The van der Waals surface area contributed by atoms with E-state index in [4.69, 9.17) is 4.99 Å². The molecular formula is C27H20N2S. The summed E-state index contributed by atoms with van der Waals surface area (Å²) in [4.78, 5) is 9.66. The molecule has 30 heavy (non-hydrogen) atoms. The van der Waals surface area contributed by atoms with E-state index in [2.05, 4.69) is 96.9 Å². The molecule has 0 aromatic heterocycles. The van der Waals surface area contributed by atoms with Gasteiger partial charge in [0.2, 0.25) is 0 Å². The molecule has 0 fully saturated rings. The van der Waals surface area contributed by atoms with Crippen molar-refractivity contribution in [1.82, 2.24) is 0 Å². The molecule has 0 spiro atoms. The number of aliphatic imine (C=N–C) groups is 1. The van der Waals surface area contributed by atoms with Crippen LogP contribution in [0.15, 0.2) is 99.7 Å². The van der Waals surface area contributed by atoms with Crippen molar-refractivity contribution in [2.75, 3.05) is 11.9 Å². The minimum atomic E-state index is 0.993. The van der Waals surface area contributed by atoms with E-state index >= 15 is 0 Å². The quantitative estimate of drug-likeness (QED) is 0.288. The topological polar surface area (TPSA) is 15.6 Å². The van der Waals surface area contributed by atoms with E-state index in [0.29, 0.717) is 0 Å². The second kappa shape index (κ2) is 6.89. The molecule has 6 rings (SSSR count). The molecule has 4 aromatic carbocycles. The molecule has 144 valence electrons. The van der Waals surface area contributed by atoms with Crippen LogP contribution in [-0.4, -0.2) is 13.3 Å². The minimum Gasteiger partial charge on any atom is -0.343 e. The average molecular weight is 405 g/mol. The van der Waals surface area contributed by atoms with E-state index < -0.39 is 0 Å². The lowest BCUT2D eigenvalue weighted by Gasteiger charge is -2.30. The van der Waals surface area contributed by atoms with E-state index in [1.54, 1.807) is 0 Å². The first-order valence-electron chi connectivity index (χ1n) is 10.2. The molecule has 0 bridgehead atoms. The highest BCUT2D eigenvalue weighted by molar-refractivity contribution is 7.99. The van der Waals surface area contributed by atoms with Gasteiger partial charge >= 0.3 is 0 Å². The lowest BCUT2D eigenvalue weighted by atomic mass is 10.1. The third kappa shape index (κ3) is 2.78. The molecule has 0 N–H and O–H groups in total. The predicted octanol–water partition coefficient (Wildman–Crippen LogP) is 7.24. The zero-order valence-electron chi connectivity index (χ0n) is 16.7. The van der Waals surface area contributed by atoms with Crippen molar-refractivity contribution in [3.63, 3.8) is 0 Å². The van der Waals surface area contributed by atoms with Crippen molar-refractivity contribution < 1.29 is 0 Å². The fourth-order valence-corrected chi connectivity index (χ4v) is 5.66. The smallest absolute Gasteiger partial charge is 0.0633 e. The number of hydrogen-bond donors (Lipinski definition) is 0. The van der Waals surface area contributed by atoms with Gasteiger partial charge in [0, 0.05) is 28.6 Å². The van der Waals surface area contributed by atoms with Crippen LogP contribution in [0.1, 0.15) is 16.7 Å². The van der Waals surface area contributed by atoms with Crippen molar-refractivity contribution in [1.29, 1.82) is 0 Å². The number of anilines is 2. The van der Waals surface area contributed by atoms with Crippen molar-refractivity contribution in [2.24, 2.45) is 4.99 Å². The number of fused-ring (bicyclic) bond motifs is 5. The first-order valence-corrected chi connectivity index (χ1v) is 11.0. The van der Waals surface area contributed by atoms with Gasteiger partial charge in [-0.05, 0) is 59.0 Å². The molecule has 2 aliphatic rings. The van der Waals surface area contributed by atoms with Gasteiger partial charge in [-0.2, -0.15) is 0 Å². The molecule has 4 aromatic rings. The Hall–Kier alpha value is -3.30. The van der Waals surface area contributed by atoms with Gasteiger partial charge in [0.15, 0.2) is 0 Å². The first-order chi connectivity index (χ1) is 14.8. The molecule has 0 amide bonds. The van der Waals surface area contributed by atoms with Gasteiger partial charge in [-0.1, -0.05) is 66.4 Å². The lowest BCUT2D eigenvalue weighted by molar-refractivity contribution is 1.11. The van der Waals surface area contributed by atoms with Gasteiger partial charge in [-0.15, -0.1) is 0 Å². The Morgan fingerprint density at radius 1 is 0.800 bits per heavy atom. The first kappa shape index (κ1) is 17.5. The Labute approximate surface area is 180 Å². The highest BCUT2D eigenvalue weighted by Crippen LogP contribution is 2.48. The Bertz CT molecular complexity index is 1320. The van der Waals surface area contributed by atoms with Gasteiger partial charge in [-0.25, -0.2) is 0 Å². The number of benzene rings is 4. The second-order valence-electron chi connectivity index (χ2n) is 7.76. The van der Waals surface area contributed by atoms with E-state index in [9.17, 15) is 0 Å². The second-order valence-corrected chi connectivity index (χ2v) is 8.81. The number of nitrogens with zero attached hydrogens (tertiary/aromatic N) is 2. The van der Waals surface area contributed by atoms with Crippen molar-refractivity contribution >= 4 is 35.0 Å². The fourth-order valence-electron chi connectivity index (χ4n) is 4.44. The van der Waals surface area contributed by atoms with Crippen LogP contribution in [-0.2, 0) is 6.42 Å². The molecule has 0 unspecified atom stereocenters. The van der Waals surface area contributed by atoms with Crippen LogP contribution in [0.2, 0.25) is 0 Å². The molecule has 3 heteroatoms. The standard InChI is InChI=1S/C27H20N2S/c1-29-24-10-4-5-12-26(24)30-27-19(8-6-11-25(27)29)17-28-21-13-14-23-20(16-21)15-18-7-2-3-9-22(18)23/h2-14,16-17H,15H2,1H3. The van der Waals surface area contributed by atoms with E-state index in [-0.39, 0.29) is 0 Å². The van der Waals surface area contributed by atoms with Crippen LogP contribution in [0, 0.1) is 0 Å². The number of hydrogen-bond acceptors (Lipinski definition) is 3. The predicted molar refractivity (Wildman–Crippen MR) is 127 cm³/mol. The molecule has 0 radical (unpaired) electrons. The van der Waals surface area contributed by atoms with Crippen LogP contribution >= 0.6 is 11.8 Å². The molecule has 0 atom stereocenters. The monoisotopic (exact) mass is 404 g/mol. The maximum absolute atomic E-state index is 4.85. The summed E-state index contributed by atoms with van der Waals surface area (Å²) >= 11 is 1.83. The third-order valence-electron chi connectivity index (χ3n) is 5.95. The third-order valence-corrected chi connectivity index (χ3v) is 7.17. The van der Waals surface area contributed by atoms with Gasteiger partial charge in [-0.3, -0.25) is 4.99 Å². The SMILES string of the molecule is CN1c2ccccc2Sc2c(C=Nc3ccc4c(c3)Cc3ccccc3-4)cccc21. The maximum Gasteiger partial charge on any atom is 0.0633 e. The maximum atomic E-state index is 4.85. The van der Waals surface area contributed by atoms with E-state index in [0.717, 1.165) is 17.7 Å². The zero-order valence-corrected chi connectivity index (χ0v) is 17.5. The molecule has 0 saturated carbocycles. The summed E-state index contributed by atoms with van der Waals surface area (Å²) in [7, 11) is 2.14. The van der Waals surface area contributed by atoms with E-state index in [1.165, 1.54) is 43.4 Å². The minimum absolute atomic E-state index is 0.993. The summed E-state index contributed by atoms with van der Waals surface area (Å²) in [6.07, 6.45) is 3.00. The van der Waals surface area contributed by atoms with Crippen molar-refractivity contribution in [3.05, 3.63) is 102 Å². The van der Waals surface area contributed by atoms with Crippen molar-refractivity contribution in [3.8, 4) is 11.1 Å². The van der Waals surface area contributed by atoms with Crippen LogP contribution in [0.5, 0.6) is 0 Å². The lowest BCUT2D eigenvalue weighted by Crippen LogP contribution is -2.15. The number of rotatable bonds is 2. The van der Waals surface area contributed by atoms with Crippen LogP contribution in [0.3, 0.4) is 0 Å². The summed E-state index contributed by atoms with van der Waals surface area (Å²) in [5.74, 6) is 0. The summed E-state index contributed by atoms with van der Waals surface area (Å²) in [6.45, 7) is 0. The Kier molecular flexibility index (Phi) is 4.03. The Morgan fingerprint density at radius 3 is 2.57 bits per heavy atom. The normalized spacial score (nSPS) is 13.7. The summed E-state index contributed by atoms with van der Waals surface area (Å²) in [5, 5.41) is 0. The summed E-state index contributed by atoms with van der Waals surface area (Å²) < 4.78 is 0. The largest absolute Gasteiger partial charge is 0.343 e. The van der Waals surface area contributed by atoms with E-state index in [1.807, 2.05) is 18.0 Å². The highest BCUT2D eigenvalue weighted by atomic mass is 32.2. The Balaban J connectivity index is 1.34. The van der Waals surface area contributed by atoms with Gasteiger partial charge in [0.25, 0.3) is 0 Å². The Morgan fingerprint density at radius 2 is 1.60 bits per heavy atom. The molecular weight excluding hydrogens is 384 g/mol. The summed E-state index contributed by atoms with van der Waals surface area (Å²) in [5.41, 5.74) is 10.1. The fraction of sp³-hybridized carbons (Fsp3) is 0.0741. The highest BCUT2D eigenvalue weighted by Gasteiger charge is 2.22. The van der Waals surface area contributed by atoms with Gasteiger partial charge in [0.05, 0.1) is 17.1 Å². The average Bonchev–Trinajstić information content (AvgIpc) is 3.16. The van der Waals surface area contributed by atoms with Crippen molar-refractivity contribution in [2.45, 2.75) is 16.2 Å². The van der Waals surface area contributed by atoms with Gasteiger partial charge < -0.3 is 4.90 Å². The molecule has 1 aliphatic heterocycles. The van der Waals surface area contributed by atoms with Crippen LogP contribution in [0.4, 0.5) is 17.1 Å². The molecule has 2 nitrogen and oxygen atoms in total. The summed E-state index contributed by atoms with van der Waals surface area (Å²) in [6, 6.07) is 30.3. The molecule has 0 saturated heterocycles. The molecule has 1 aliphatic carbocycles. The van der Waals surface area contributed by atoms with Crippen LogP contribution in [0.25, 0.3) is 11.1 Å².